The maximum absolute atomic E-state index is 5.90. The van der Waals surface area contributed by atoms with E-state index in [1.54, 1.807) is 0 Å². The topological polar surface area (TPSA) is 12.0 Å². The lowest BCUT2D eigenvalue weighted by Crippen LogP contribution is -1.97. The zero-order valence-electron chi connectivity index (χ0n) is 9.44. The molecule has 0 aliphatic carbocycles. The van der Waals surface area contributed by atoms with E-state index >= 15 is 0 Å². The van der Waals surface area contributed by atoms with E-state index in [1.165, 1.54) is 5.56 Å². The average Bonchev–Trinajstić information content (AvgIpc) is 2.36. The maximum Gasteiger partial charge on any atom is 0.0426 e. The van der Waals surface area contributed by atoms with E-state index < -0.39 is 0 Å². The number of hydrogen-bond donors (Lipinski definition) is 1. The molecule has 2 aromatic rings. The van der Waals surface area contributed by atoms with Crippen molar-refractivity contribution in [3.63, 3.8) is 0 Å². The smallest absolute Gasteiger partial charge is 0.0426 e. The van der Waals surface area contributed by atoms with Crippen LogP contribution in [-0.2, 0) is 0 Å². The predicted octanol–water partition coefficient (Wildman–Crippen LogP) is 4.47. The van der Waals surface area contributed by atoms with E-state index in [4.69, 9.17) is 11.6 Å². The lowest BCUT2D eigenvalue weighted by molar-refractivity contribution is 1.34. The Kier molecular flexibility index (Phi) is 4.23. The van der Waals surface area contributed by atoms with Crippen LogP contribution in [0.5, 0.6) is 0 Å². The maximum atomic E-state index is 5.90. The lowest BCUT2D eigenvalue weighted by atomic mass is 10.2. The van der Waals surface area contributed by atoms with Gasteiger partial charge in [0.1, 0.15) is 0 Å². The summed E-state index contributed by atoms with van der Waals surface area (Å²) >= 11 is 5.90. The molecule has 2 heteroatoms. The SMILES string of the molecule is Clc1cccc(NCC=Cc2ccccc2)c1. The summed E-state index contributed by atoms with van der Waals surface area (Å²) in [5.74, 6) is 0. The molecule has 17 heavy (non-hydrogen) atoms. The first-order valence-electron chi connectivity index (χ1n) is 5.55. The molecule has 0 radical (unpaired) electrons. The van der Waals surface area contributed by atoms with Crippen LogP contribution in [0.1, 0.15) is 5.56 Å². The Morgan fingerprint density at radius 2 is 1.82 bits per heavy atom. The minimum Gasteiger partial charge on any atom is -0.382 e. The summed E-state index contributed by atoms with van der Waals surface area (Å²) in [6.45, 7) is 0.787. The molecule has 1 N–H and O–H groups in total. The van der Waals surface area contributed by atoms with Gasteiger partial charge in [0.15, 0.2) is 0 Å². The van der Waals surface area contributed by atoms with E-state index in [1.807, 2.05) is 42.5 Å². The molecule has 2 aromatic carbocycles. The summed E-state index contributed by atoms with van der Waals surface area (Å²) in [6, 6.07) is 18.0. The molecule has 0 saturated carbocycles. The van der Waals surface area contributed by atoms with Gasteiger partial charge in [-0.2, -0.15) is 0 Å². The second-order valence-electron chi connectivity index (χ2n) is 3.70. The molecule has 2 rings (SSSR count). The second-order valence-corrected chi connectivity index (χ2v) is 4.14. The average molecular weight is 244 g/mol. The first-order chi connectivity index (χ1) is 8.34. The van der Waals surface area contributed by atoms with Crippen molar-refractivity contribution in [2.24, 2.45) is 0 Å². The molecule has 1 nitrogen and oxygen atoms in total. The van der Waals surface area contributed by atoms with Crippen molar-refractivity contribution in [1.82, 2.24) is 0 Å². The monoisotopic (exact) mass is 243 g/mol. The molecule has 0 aliphatic rings. The molecule has 0 atom stereocenters. The highest BCUT2D eigenvalue weighted by molar-refractivity contribution is 6.30. The summed E-state index contributed by atoms with van der Waals surface area (Å²) in [5.41, 5.74) is 2.25. The van der Waals surface area contributed by atoms with Gasteiger partial charge in [0.2, 0.25) is 0 Å². The highest BCUT2D eigenvalue weighted by Crippen LogP contribution is 2.14. The van der Waals surface area contributed by atoms with E-state index in [0.29, 0.717) is 0 Å². The van der Waals surface area contributed by atoms with Crippen molar-refractivity contribution in [3.8, 4) is 0 Å². The molecule has 0 saturated heterocycles. The zero-order chi connectivity index (χ0) is 11.9. The predicted molar refractivity (Wildman–Crippen MR) is 75.4 cm³/mol. The fourth-order valence-corrected chi connectivity index (χ4v) is 1.72. The molecular weight excluding hydrogens is 230 g/mol. The number of rotatable bonds is 4. The van der Waals surface area contributed by atoms with Crippen molar-refractivity contribution in [1.29, 1.82) is 0 Å². The third-order valence-electron chi connectivity index (χ3n) is 2.36. The van der Waals surface area contributed by atoms with Crippen LogP contribution in [0.3, 0.4) is 0 Å². The second kappa shape index (κ2) is 6.12. The zero-order valence-corrected chi connectivity index (χ0v) is 10.2. The molecule has 0 aromatic heterocycles. The molecule has 0 spiro atoms. The van der Waals surface area contributed by atoms with Crippen LogP contribution in [0.4, 0.5) is 5.69 Å². The third kappa shape index (κ3) is 3.97. The molecule has 86 valence electrons. The minimum atomic E-state index is 0.752. The highest BCUT2D eigenvalue weighted by Gasteiger charge is 1.90. The molecule has 0 heterocycles. The Balaban J connectivity index is 1.86. The Hall–Kier alpha value is -1.73. The fraction of sp³-hybridized carbons (Fsp3) is 0.0667. The number of anilines is 1. The van der Waals surface area contributed by atoms with Crippen molar-refractivity contribution >= 4 is 23.4 Å². The van der Waals surface area contributed by atoms with E-state index in [9.17, 15) is 0 Å². The van der Waals surface area contributed by atoms with Crippen LogP contribution in [-0.4, -0.2) is 6.54 Å². The minimum absolute atomic E-state index is 0.752. The van der Waals surface area contributed by atoms with Gasteiger partial charge in [0.25, 0.3) is 0 Å². The molecule has 0 fully saturated rings. The van der Waals surface area contributed by atoms with Gasteiger partial charge in [0.05, 0.1) is 0 Å². The Morgan fingerprint density at radius 3 is 2.59 bits per heavy atom. The summed E-state index contributed by atoms with van der Waals surface area (Å²) in [7, 11) is 0. The number of benzene rings is 2. The van der Waals surface area contributed by atoms with Crippen molar-refractivity contribution in [2.45, 2.75) is 0 Å². The standard InChI is InChI=1S/C15H14ClN/c16-14-9-4-10-15(12-14)17-11-5-8-13-6-2-1-3-7-13/h1-10,12,17H,11H2. The van der Waals surface area contributed by atoms with Gasteiger partial charge in [-0.1, -0.05) is 60.2 Å². The summed E-state index contributed by atoms with van der Waals surface area (Å²) in [6.07, 6.45) is 4.19. The first kappa shape index (κ1) is 11.7. The quantitative estimate of drug-likeness (QED) is 0.836. The summed E-state index contributed by atoms with van der Waals surface area (Å²) in [4.78, 5) is 0. The van der Waals surface area contributed by atoms with E-state index in [-0.39, 0.29) is 0 Å². The van der Waals surface area contributed by atoms with Gasteiger partial charge in [-0.25, -0.2) is 0 Å². The molecular formula is C15H14ClN. The molecule has 0 aliphatic heterocycles. The van der Waals surface area contributed by atoms with Crippen molar-refractivity contribution in [3.05, 3.63) is 71.3 Å². The van der Waals surface area contributed by atoms with Crippen LogP contribution >= 0.6 is 11.6 Å². The Morgan fingerprint density at radius 1 is 1.00 bits per heavy atom. The van der Waals surface area contributed by atoms with Crippen molar-refractivity contribution < 1.29 is 0 Å². The van der Waals surface area contributed by atoms with Crippen LogP contribution in [0.25, 0.3) is 6.08 Å². The third-order valence-corrected chi connectivity index (χ3v) is 2.59. The Bertz CT molecular complexity index is 491. The molecule has 0 amide bonds. The van der Waals surface area contributed by atoms with Gasteiger partial charge >= 0.3 is 0 Å². The van der Waals surface area contributed by atoms with Gasteiger partial charge < -0.3 is 5.32 Å². The fourth-order valence-electron chi connectivity index (χ4n) is 1.53. The van der Waals surface area contributed by atoms with E-state index in [2.05, 4.69) is 29.6 Å². The number of hydrogen-bond acceptors (Lipinski definition) is 1. The van der Waals surface area contributed by atoms with E-state index in [0.717, 1.165) is 17.3 Å². The molecule has 0 bridgehead atoms. The number of nitrogens with one attached hydrogen (secondary N) is 1. The summed E-state index contributed by atoms with van der Waals surface area (Å²) in [5, 5.41) is 4.04. The van der Waals surface area contributed by atoms with Gasteiger partial charge in [-0.15, -0.1) is 0 Å². The first-order valence-corrected chi connectivity index (χ1v) is 5.93. The van der Waals surface area contributed by atoms with Gasteiger partial charge in [-0.3, -0.25) is 0 Å². The largest absolute Gasteiger partial charge is 0.382 e. The van der Waals surface area contributed by atoms with Crippen LogP contribution in [0.2, 0.25) is 5.02 Å². The highest BCUT2D eigenvalue weighted by atomic mass is 35.5. The lowest BCUT2D eigenvalue weighted by Gasteiger charge is -2.02. The van der Waals surface area contributed by atoms with Crippen LogP contribution < -0.4 is 5.32 Å². The number of halogens is 1. The van der Waals surface area contributed by atoms with Gasteiger partial charge in [-0.05, 0) is 23.8 Å². The summed E-state index contributed by atoms with van der Waals surface area (Å²) < 4.78 is 0. The molecule has 0 unspecified atom stereocenters. The van der Waals surface area contributed by atoms with Crippen LogP contribution in [0.15, 0.2) is 60.7 Å². The Labute approximate surface area is 107 Å². The van der Waals surface area contributed by atoms with Crippen molar-refractivity contribution in [2.75, 3.05) is 11.9 Å². The van der Waals surface area contributed by atoms with Gasteiger partial charge in [0, 0.05) is 17.3 Å². The normalized spacial score (nSPS) is 10.6. The van der Waals surface area contributed by atoms with Crippen LogP contribution in [0, 0.1) is 0 Å².